The third-order valence-electron chi connectivity index (χ3n) is 18.4. The Morgan fingerprint density at radius 2 is 1.00 bits per heavy atom. The number of hydrazine groups is 1. The van der Waals surface area contributed by atoms with E-state index in [1.54, 1.807) is 32.0 Å². The van der Waals surface area contributed by atoms with Gasteiger partial charge in [0.2, 0.25) is 0 Å². The van der Waals surface area contributed by atoms with E-state index in [9.17, 15) is 24.3 Å². The molecule has 0 radical (unpaired) electrons. The van der Waals surface area contributed by atoms with Gasteiger partial charge >= 0.3 is 17.9 Å². The summed E-state index contributed by atoms with van der Waals surface area (Å²) in [5.41, 5.74) is 11.3. The SMILES string of the molecule is CCOC(=O)C/C(=N/N1CC2CCC1CC2)c1cccc(C)n1.CCOC(=O)CC(=O)c1cccc(C)n1.Cc1cccc(-c2nn3c(c2Br)C2CCC3CC2)n1.Cc1cccc(-c2nn3c(c2C(=O)O)C2CCC3CC2)n1.Cl.NN1CC2CCC1CC2. The number of nitrogens with two attached hydrogens (primary N) is 1. The first-order valence-electron chi connectivity index (χ1n) is 31.6. The second-order valence-corrected chi connectivity index (χ2v) is 25.4. The van der Waals surface area contributed by atoms with Gasteiger partial charge in [-0.3, -0.25) is 54.5 Å². The molecule has 19 nitrogen and oxygen atoms in total. The summed E-state index contributed by atoms with van der Waals surface area (Å²) in [4.78, 5) is 64.0. The zero-order valence-electron chi connectivity index (χ0n) is 51.8. The van der Waals surface area contributed by atoms with Crippen molar-refractivity contribution in [2.24, 2.45) is 22.8 Å². The zero-order valence-corrected chi connectivity index (χ0v) is 54.2. The van der Waals surface area contributed by atoms with Crippen molar-refractivity contribution in [1.82, 2.24) is 49.5 Å². The predicted molar refractivity (Wildman–Crippen MR) is 343 cm³/mol. The summed E-state index contributed by atoms with van der Waals surface area (Å²) in [6.07, 6.45) is 20.1. The van der Waals surface area contributed by atoms with Crippen LogP contribution in [0.15, 0.2) is 82.4 Å². The van der Waals surface area contributed by atoms with Crippen molar-refractivity contribution >= 4 is 57.7 Å². The van der Waals surface area contributed by atoms with Crippen molar-refractivity contribution in [1.29, 1.82) is 0 Å². The van der Waals surface area contributed by atoms with Gasteiger partial charge in [0.15, 0.2) is 5.78 Å². The number of piperidine rings is 4. The zero-order chi connectivity index (χ0) is 61.3. The van der Waals surface area contributed by atoms with Gasteiger partial charge < -0.3 is 14.6 Å². The number of ketones is 1. The first-order chi connectivity index (χ1) is 42.0. The molecule has 8 aliphatic heterocycles. The molecule has 12 aliphatic rings. The summed E-state index contributed by atoms with van der Waals surface area (Å²) in [5, 5.41) is 28.2. The summed E-state index contributed by atoms with van der Waals surface area (Å²) in [6.45, 7) is 14.0. The molecule has 14 heterocycles. The van der Waals surface area contributed by atoms with Crippen LogP contribution < -0.4 is 5.84 Å². The van der Waals surface area contributed by atoms with E-state index in [2.05, 4.69) is 61.5 Å². The summed E-state index contributed by atoms with van der Waals surface area (Å²) < 4.78 is 15.2. The normalized spacial score (nSPS) is 23.2. The van der Waals surface area contributed by atoms with Gasteiger partial charge in [0.1, 0.15) is 29.1 Å². The summed E-state index contributed by atoms with van der Waals surface area (Å²) in [5.74, 6) is 6.51. The Kier molecular flexibility index (Phi) is 22.5. The van der Waals surface area contributed by atoms with Crippen LogP contribution in [0.3, 0.4) is 0 Å². The van der Waals surface area contributed by atoms with Crippen LogP contribution in [0.25, 0.3) is 22.8 Å². The molecule has 0 aromatic carbocycles. The van der Waals surface area contributed by atoms with Gasteiger partial charge in [-0.15, -0.1) is 12.4 Å². The summed E-state index contributed by atoms with van der Waals surface area (Å²) in [7, 11) is 0. The lowest BCUT2D eigenvalue weighted by molar-refractivity contribution is -0.142. The van der Waals surface area contributed by atoms with E-state index in [0.29, 0.717) is 59.2 Å². The standard InChI is InChI=1S/C18H25N3O2.C16H17N3O2.C15H16BrN3.C11H13NO3.C7H14N2.ClH/c1-3-23-18(22)11-17(16-6-4-5-13(2)19-16)20-21-12-14-7-9-15(21)10-8-14;1-9-3-2-4-12(17-9)14-13(16(20)21)15-10-5-7-11(8-6-10)19(15)18-14;1-9-3-2-4-12(17-9)14-13(16)15-10-5-7-11(8-6-10)19(15)18-14;1-3-15-11(14)7-10(13)9-6-4-5-8(2)12-9;8-9-5-6-1-3-7(9)4-2-6;/h4-6,14-15H,3,7-12H2,1-2H3;2-4,10-11H,5-8H2,1H3,(H,20,21);2-4,10-11H,5-8H2,1H3;4-6H,3,7H2,1-2H3;6-7H,1-5,8H2;1H/b20-17-;;;;;. The van der Waals surface area contributed by atoms with E-state index in [4.69, 9.17) is 20.8 Å². The number of nitrogens with zero attached hydrogens (tertiary/aromatic N) is 11. The molecule has 4 aliphatic carbocycles. The highest BCUT2D eigenvalue weighted by molar-refractivity contribution is 9.10. The Morgan fingerprint density at radius 1 is 0.557 bits per heavy atom. The van der Waals surface area contributed by atoms with Gasteiger partial charge in [-0.2, -0.15) is 15.3 Å². The van der Waals surface area contributed by atoms with Crippen molar-refractivity contribution < 1.29 is 33.8 Å². The molecule has 0 amide bonds. The quantitative estimate of drug-likeness (QED) is 0.0381. The molecular formula is C67H86BrClN12O7. The average Bonchev–Trinajstić information content (AvgIpc) is 1.78. The van der Waals surface area contributed by atoms with Crippen LogP contribution in [-0.2, 0) is 19.1 Å². The Balaban J connectivity index is 0.000000134. The lowest BCUT2D eigenvalue weighted by Gasteiger charge is -2.44. The van der Waals surface area contributed by atoms with Gasteiger partial charge in [-0.25, -0.2) is 9.80 Å². The number of ether oxygens (including phenoxy) is 2. The number of aromatic carboxylic acids is 1. The second-order valence-electron chi connectivity index (χ2n) is 24.6. The largest absolute Gasteiger partial charge is 0.478 e. The number of halogens is 2. The number of carboxylic acid groups (broad SMARTS) is 1. The van der Waals surface area contributed by atoms with Crippen molar-refractivity contribution in [2.45, 2.75) is 193 Å². The fourth-order valence-corrected chi connectivity index (χ4v) is 14.9. The average molecular weight is 1290 g/mol. The molecule has 88 heavy (non-hydrogen) atoms. The van der Waals surface area contributed by atoms with Gasteiger partial charge in [0.05, 0.1) is 70.4 Å². The summed E-state index contributed by atoms with van der Waals surface area (Å²) in [6, 6.07) is 24.9. The van der Waals surface area contributed by atoms with Gasteiger partial charge in [0, 0.05) is 59.8 Å². The minimum Gasteiger partial charge on any atom is -0.478 e. The third-order valence-corrected chi connectivity index (χ3v) is 19.2. The number of hydrogen-bond donors (Lipinski definition) is 2. The van der Waals surface area contributed by atoms with E-state index in [-0.39, 0.29) is 43.6 Å². The number of rotatable bonds is 12. The molecule has 3 N–H and O–H groups in total. The maximum Gasteiger partial charge on any atom is 0.339 e. The maximum atomic E-state index is 12.0. The second kappa shape index (κ2) is 30.2. The van der Waals surface area contributed by atoms with E-state index in [1.807, 2.05) is 85.9 Å². The molecule has 21 heteroatoms. The smallest absolute Gasteiger partial charge is 0.339 e. The molecule has 0 spiro atoms. The van der Waals surface area contributed by atoms with E-state index < -0.39 is 11.9 Å². The molecule has 6 aromatic rings. The number of carbonyl (C=O) groups excluding carboxylic acids is 3. The van der Waals surface area contributed by atoms with E-state index >= 15 is 0 Å². The van der Waals surface area contributed by atoms with Crippen molar-refractivity contribution in [3.05, 3.63) is 128 Å². The van der Waals surface area contributed by atoms with Crippen LogP contribution >= 0.6 is 28.3 Å². The number of pyridine rings is 4. The van der Waals surface area contributed by atoms with Crippen LogP contribution in [0.2, 0.25) is 0 Å². The number of Topliss-reactive ketones (excluding diaryl/α,β-unsaturated/α-hetero) is 1. The monoisotopic (exact) mass is 1280 g/mol. The highest BCUT2D eigenvalue weighted by Gasteiger charge is 2.41. The fraction of sp³-hybridized carbons (Fsp3) is 0.537. The van der Waals surface area contributed by atoms with Gasteiger partial charge in [-0.1, -0.05) is 24.3 Å². The molecule has 470 valence electrons. The number of hydrazone groups is 1. The third kappa shape index (κ3) is 15.8. The van der Waals surface area contributed by atoms with Gasteiger partial charge in [0.25, 0.3) is 0 Å². The minimum atomic E-state index is -0.887. The molecule has 6 aromatic heterocycles. The number of aryl methyl sites for hydroxylation is 4. The Bertz CT molecular complexity index is 3430. The van der Waals surface area contributed by atoms with E-state index in [1.165, 1.54) is 87.2 Å². The Morgan fingerprint density at radius 3 is 1.45 bits per heavy atom. The van der Waals surface area contributed by atoms with Gasteiger partial charge in [-0.05, 0) is 221 Å². The molecule has 4 saturated carbocycles. The lowest BCUT2D eigenvalue weighted by Crippen LogP contribution is -2.51. The number of fused-ring (bicyclic) bond motifs is 10. The summed E-state index contributed by atoms with van der Waals surface area (Å²) >= 11 is 3.78. The molecule has 8 fully saturated rings. The fourth-order valence-electron chi connectivity index (χ4n) is 14.1. The predicted octanol–water partition coefficient (Wildman–Crippen LogP) is 13.0. The topological polar surface area (TPSA) is 239 Å². The number of esters is 2. The van der Waals surface area contributed by atoms with Crippen LogP contribution in [0, 0.1) is 39.5 Å². The number of aromatic nitrogens is 8. The molecule has 0 unspecified atom stereocenters. The molecule has 4 saturated heterocycles. The van der Waals surface area contributed by atoms with Crippen LogP contribution in [-0.4, -0.2) is 122 Å². The van der Waals surface area contributed by atoms with Crippen LogP contribution in [0.1, 0.15) is 214 Å². The van der Waals surface area contributed by atoms with Crippen molar-refractivity contribution in [3.8, 4) is 22.8 Å². The van der Waals surface area contributed by atoms with Crippen molar-refractivity contribution in [2.75, 3.05) is 26.3 Å². The highest BCUT2D eigenvalue weighted by Crippen LogP contribution is 2.50. The number of carboxylic acids is 1. The minimum absolute atomic E-state index is 0. The first kappa shape index (κ1) is 65.7. The number of hydrogen-bond acceptors (Lipinski definition) is 16. The molecular weight excluding hydrogens is 1200 g/mol. The Labute approximate surface area is 531 Å². The number of carbonyl (C=O) groups is 4. The van der Waals surface area contributed by atoms with Crippen LogP contribution in [0.4, 0.5) is 0 Å². The van der Waals surface area contributed by atoms with Crippen molar-refractivity contribution in [3.63, 3.8) is 0 Å². The molecule has 0 atom stereocenters. The highest BCUT2D eigenvalue weighted by atomic mass is 79.9. The Hall–Kier alpha value is -6.74. The first-order valence-corrected chi connectivity index (χ1v) is 32.4. The van der Waals surface area contributed by atoms with Crippen LogP contribution in [0.5, 0.6) is 0 Å². The molecule has 8 bridgehead atoms. The lowest BCUT2D eigenvalue weighted by atomic mass is 9.78. The molecule has 18 rings (SSSR count). The van der Waals surface area contributed by atoms with E-state index in [0.717, 1.165) is 108 Å². The maximum absolute atomic E-state index is 12.0.